The summed E-state index contributed by atoms with van der Waals surface area (Å²) < 4.78 is 1.58. The minimum Gasteiger partial charge on any atom is -0.322 e. The van der Waals surface area contributed by atoms with E-state index in [0.29, 0.717) is 21.7 Å². The zero-order chi connectivity index (χ0) is 16.7. The molecule has 0 aliphatic carbocycles. The van der Waals surface area contributed by atoms with E-state index in [1.165, 1.54) is 0 Å². The lowest BCUT2D eigenvalue weighted by Crippen LogP contribution is -2.28. The van der Waals surface area contributed by atoms with Crippen molar-refractivity contribution < 1.29 is 0 Å². The van der Waals surface area contributed by atoms with Gasteiger partial charge >= 0.3 is 0 Å². The molecule has 5 heteroatoms. The second-order valence-electron chi connectivity index (χ2n) is 5.75. The number of aromatic nitrogens is 2. The minimum atomic E-state index is -0.383. The monoisotopic (exact) mass is 327 g/mol. The van der Waals surface area contributed by atoms with Gasteiger partial charge in [-0.3, -0.25) is 9.36 Å². The van der Waals surface area contributed by atoms with Gasteiger partial charge in [-0.1, -0.05) is 29.8 Å². The third kappa shape index (κ3) is 2.54. The number of hydrogen-bond donors (Lipinski definition) is 1. The maximum absolute atomic E-state index is 13.1. The molecule has 3 rings (SSSR count). The summed E-state index contributed by atoms with van der Waals surface area (Å²) in [6.45, 7) is 5.82. The number of benzene rings is 2. The van der Waals surface area contributed by atoms with Crippen molar-refractivity contribution in [3.63, 3.8) is 0 Å². The first-order valence-corrected chi connectivity index (χ1v) is 7.83. The predicted octanol–water partition coefficient (Wildman–Crippen LogP) is 3.68. The van der Waals surface area contributed by atoms with Crippen LogP contribution in [0.5, 0.6) is 0 Å². The Morgan fingerprint density at radius 2 is 1.87 bits per heavy atom. The van der Waals surface area contributed by atoms with E-state index in [2.05, 4.69) is 4.98 Å². The zero-order valence-electron chi connectivity index (χ0n) is 13.3. The molecule has 0 spiro atoms. The summed E-state index contributed by atoms with van der Waals surface area (Å²) in [6.07, 6.45) is 0. The van der Waals surface area contributed by atoms with Crippen molar-refractivity contribution >= 4 is 22.5 Å². The lowest BCUT2D eigenvalue weighted by molar-refractivity contribution is 0.694. The number of nitrogens with zero attached hydrogens (tertiary/aromatic N) is 2. The summed E-state index contributed by atoms with van der Waals surface area (Å²) in [4.78, 5) is 17.7. The molecule has 3 aromatic rings. The fourth-order valence-corrected chi connectivity index (χ4v) is 2.97. The van der Waals surface area contributed by atoms with Crippen LogP contribution in [-0.4, -0.2) is 9.55 Å². The summed E-state index contributed by atoms with van der Waals surface area (Å²) in [5.74, 6) is 0.526. The molecule has 1 aromatic heterocycles. The van der Waals surface area contributed by atoms with E-state index in [1.54, 1.807) is 22.8 Å². The Bertz CT molecular complexity index is 960. The van der Waals surface area contributed by atoms with Gasteiger partial charge in [0.2, 0.25) is 0 Å². The second kappa shape index (κ2) is 5.80. The maximum Gasteiger partial charge on any atom is 0.267 e. The van der Waals surface area contributed by atoms with E-state index in [-0.39, 0.29) is 11.6 Å². The van der Waals surface area contributed by atoms with Crippen LogP contribution in [0.1, 0.15) is 29.9 Å². The Hall–Kier alpha value is -2.17. The highest BCUT2D eigenvalue weighted by Crippen LogP contribution is 2.24. The summed E-state index contributed by atoms with van der Waals surface area (Å²) >= 11 is 6.24. The molecular formula is C18H18ClN3O. The molecule has 0 saturated heterocycles. The van der Waals surface area contributed by atoms with E-state index in [0.717, 1.165) is 16.8 Å². The smallest absolute Gasteiger partial charge is 0.267 e. The van der Waals surface area contributed by atoms with Crippen LogP contribution < -0.4 is 11.3 Å². The molecule has 0 saturated carbocycles. The molecule has 0 bridgehead atoms. The van der Waals surface area contributed by atoms with Gasteiger partial charge < -0.3 is 5.73 Å². The number of halogens is 1. The summed E-state index contributed by atoms with van der Waals surface area (Å²) in [7, 11) is 0. The third-order valence-corrected chi connectivity index (χ3v) is 4.41. The van der Waals surface area contributed by atoms with Crippen molar-refractivity contribution in [2.45, 2.75) is 26.8 Å². The van der Waals surface area contributed by atoms with Crippen LogP contribution in [0, 0.1) is 13.8 Å². The molecule has 0 aliphatic heterocycles. The van der Waals surface area contributed by atoms with Crippen molar-refractivity contribution in [2.75, 3.05) is 0 Å². The largest absolute Gasteiger partial charge is 0.322 e. The normalized spacial score (nSPS) is 12.6. The molecule has 1 unspecified atom stereocenters. The quantitative estimate of drug-likeness (QED) is 0.781. The van der Waals surface area contributed by atoms with E-state index in [1.807, 2.05) is 39.0 Å². The Kier molecular flexibility index (Phi) is 3.96. The molecule has 1 atom stereocenters. The molecule has 1 heterocycles. The van der Waals surface area contributed by atoms with Gasteiger partial charge in [-0.05, 0) is 50.1 Å². The highest BCUT2D eigenvalue weighted by Gasteiger charge is 2.18. The van der Waals surface area contributed by atoms with Gasteiger partial charge in [-0.15, -0.1) is 0 Å². The van der Waals surface area contributed by atoms with Gasteiger partial charge in [0, 0.05) is 0 Å². The number of nitrogens with two attached hydrogens (primary N) is 1. The minimum absolute atomic E-state index is 0.193. The Morgan fingerprint density at radius 1 is 1.17 bits per heavy atom. The fourth-order valence-electron chi connectivity index (χ4n) is 2.72. The molecule has 0 amide bonds. The molecule has 0 aliphatic rings. The van der Waals surface area contributed by atoms with Crippen molar-refractivity contribution in [2.24, 2.45) is 5.73 Å². The van der Waals surface area contributed by atoms with Gasteiger partial charge in [0.25, 0.3) is 5.56 Å². The zero-order valence-corrected chi connectivity index (χ0v) is 14.1. The molecular weight excluding hydrogens is 310 g/mol. The summed E-state index contributed by atoms with van der Waals surface area (Å²) in [6, 6.07) is 10.7. The Morgan fingerprint density at radius 3 is 2.57 bits per heavy atom. The van der Waals surface area contributed by atoms with Gasteiger partial charge in [-0.25, -0.2) is 4.98 Å². The van der Waals surface area contributed by atoms with Crippen LogP contribution in [0.4, 0.5) is 0 Å². The fraction of sp³-hybridized carbons (Fsp3) is 0.222. The molecule has 2 aromatic carbocycles. The summed E-state index contributed by atoms with van der Waals surface area (Å²) in [5.41, 5.74) is 9.36. The average Bonchev–Trinajstić information content (AvgIpc) is 2.50. The standard InChI is InChI=1S/C18H18ClN3O/c1-10-6-4-9-15(11(10)2)22-17(12(3)20)21-14-8-5-7-13(19)16(14)18(22)23/h4-9,12H,20H2,1-3H3. The van der Waals surface area contributed by atoms with E-state index in [4.69, 9.17) is 17.3 Å². The van der Waals surface area contributed by atoms with Gasteiger partial charge in [0.15, 0.2) is 0 Å². The summed E-state index contributed by atoms with van der Waals surface area (Å²) in [5, 5.41) is 0.815. The number of hydrogen-bond acceptors (Lipinski definition) is 3. The molecule has 0 radical (unpaired) electrons. The van der Waals surface area contributed by atoms with Crippen LogP contribution in [0.2, 0.25) is 5.02 Å². The van der Waals surface area contributed by atoms with Crippen LogP contribution in [-0.2, 0) is 0 Å². The van der Waals surface area contributed by atoms with Gasteiger partial charge in [0.05, 0.1) is 27.7 Å². The average molecular weight is 328 g/mol. The number of fused-ring (bicyclic) bond motifs is 1. The van der Waals surface area contributed by atoms with Gasteiger partial charge in [0.1, 0.15) is 5.82 Å². The predicted molar refractivity (Wildman–Crippen MR) is 94.4 cm³/mol. The molecule has 4 nitrogen and oxygen atoms in total. The maximum atomic E-state index is 13.1. The first-order valence-electron chi connectivity index (χ1n) is 7.45. The number of aryl methyl sites for hydroxylation is 1. The van der Waals surface area contributed by atoms with Crippen LogP contribution in [0.15, 0.2) is 41.2 Å². The van der Waals surface area contributed by atoms with E-state index >= 15 is 0 Å². The van der Waals surface area contributed by atoms with Crippen molar-refractivity contribution in [3.8, 4) is 5.69 Å². The van der Waals surface area contributed by atoms with Crippen molar-refractivity contribution in [1.82, 2.24) is 9.55 Å². The first kappa shape index (κ1) is 15.7. The van der Waals surface area contributed by atoms with E-state index < -0.39 is 0 Å². The second-order valence-corrected chi connectivity index (χ2v) is 6.16. The Balaban J connectivity index is 2.51. The lowest BCUT2D eigenvalue weighted by atomic mass is 10.1. The lowest BCUT2D eigenvalue weighted by Gasteiger charge is -2.18. The van der Waals surface area contributed by atoms with Crippen LogP contribution in [0.3, 0.4) is 0 Å². The van der Waals surface area contributed by atoms with Crippen LogP contribution in [0.25, 0.3) is 16.6 Å². The molecule has 0 fully saturated rings. The molecule has 2 N–H and O–H groups in total. The highest BCUT2D eigenvalue weighted by molar-refractivity contribution is 6.35. The topological polar surface area (TPSA) is 60.9 Å². The van der Waals surface area contributed by atoms with Crippen LogP contribution >= 0.6 is 11.6 Å². The van der Waals surface area contributed by atoms with Crippen molar-refractivity contribution in [1.29, 1.82) is 0 Å². The first-order chi connectivity index (χ1) is 10.9. The van der Waals surface area contributed by atoms with E-state index in [9.17, 15) is 4.79 Å². The molecule has 118 valence electrons. The highest BCUT2D eigenvalue weighted by atomic mass is 35.5. The SMILES string of the molecule is Cc1cccc(-n2c(C(C)N)nc3cccc(Cl)c3c2=O)c1C. The third-order valence-electron chi connectivity index (χ3n) is 4.10. The number of rotatable bonds is 2. The Labute approximate surface area is 139 Å². The van der Waals surface area contributed by atoms with Gasteiger partial charge in [-0.2, -0.15) is 0 Å². The van der Waals surface area contributed by atoms with Crippen molar-refractivity contribution in [3.05, 3.63) is 68.7 Å². The molecule has 23 heavy (non-hydrogen) atoms.